The van der Waals surface area contributed by atoms with Crippen LogP contribution in [0.5, 0.6) is 0 Å². The molecule has 1 unspecified atom stereocenters. The SMILES string of the molecule is O=C(Cc1noc2ccccc12)NC(Cc1ccccc1)C(=O)N1CCCC1. The third-order valence-corrected chi connectivity index (χ3v) is 5.11. The number of fused-ring (bicyclic) bond motifs is 1. The fraction of sp³-hybridized carbons (Fsp3) is 0.318. The van der Waals surface area contributed by atoms with Gasteiger partial charge >= 0.3 is 0 Å². The third kappa shape index (κ3) is 4.06. The smallest absolute Gasteiger partial charge is 0.245 e. The van der Waals surface area contributed by atoms with Crippen LogP contribution in [0.25, 0.3) is 11.0 Å². The first-order valence-electron chi connectivity index (χ1n) is 9.66. The van der Waals surface area contributed by atoms with E-state index in [1.54, 1.807) is 0 Å². The predicted molar refractivity (Wildman–Crippen MR) is 106 cm³/mol. The molecule has 1 fully saturated rings. The number of carbonyl (C=O) groups is 2. The summed E-state index contributed by atoms with van der Waals surface area (Å²) in [5, 5.41) is 7.77. The molecule has 2 amide bonds. The molecule has 1 saturated heterocycles. The lowest BCUT2D eigenvalue weighted by molar-refractivity contribution is -0.135. The molecule has 1 aliphatic rings. The van der Waals surface area contributed by atoms with Gasteiger partial charge in [-0.15, -0.1) is 0 Å². The van der Waals surface area contributed by atoms with Gasteiger partial charge in [0.2, 0.25) is 11.8 Å². The molecule has 0 radical (unpaired) electrons. The summed E-state index contributed by atoms with van der Waals surface area (Å²) in [7, 11) is 0. The number of amides is 2. The van der Waals surface area contributed by atoms with Gasteiger partial charge in [0.25, 0.3) is 0 Å². The molecule has 1 atom stereocenters. The lowest BCUT2D eigenvalue weighted by Crippen LogP contribution is -2.49. The molecule has 144 valence electrons. The van der Waals surface area contributed by atoms with Crippen molar-refractivity contribution >= 4 is 22.8 Å². The Balaban J connectivity index is 1.49. The van der Waals surface area contributed by atoms with Crippen LogP contribution in [-0.2, 0) is 22.4 Å². The number of benzene rings is 2. The zero-order valence-electron chi connectivity index (χ0n) is 15.6. The molecule has 2 heterocycles. The number of nitrogens with one attached hydrogen (secondary N) is 1. The van der Waals surface area contributed by atoms with Crippen LogP contribution >= 0.6 is 0 Å². The molecule has 0 saturated carbocycles. The fourth-order valence-corrected chi connectivity index (χ4v) is 3.67. The number of aromatic nitrogens is 1. The number of nitrogens with zero attached hydrogens (tertiary/aromatic N) is 2. The van der Waals surface area contributed by atoms with E-state index in [0.717, 1.165) is 36.9 Å². The summed E-state index contributed by atoms with van der Waals surface area (Å²) in [6, 6.07) is 16.6. The van der Waals surface area contributed by atoms with Gasteiger partial charge < -0.3 is 14.7 Å². The molecule has 4 rings (SSSR count). The van der Waals surface area contributed by atoms with Crippen LogP contribution in [0.3, 0.4) is 0 Å². The summed E-state index contributed by atoms with van der Waals surface area (Å²) in [5.74, 6) is -0.243. The van der Waals surface area contributed by atoms with E-state index in [4.69, 9.17) is 4.52 Å². The zero-order chi connectivity index (χ0) is 19.3. The van der Waals surface area contributed by atoms with Gasteiger partial charge in [0.05, 0.1) is 6.42 Å². The first kappa shape index (κ1) is 18.2. The Labute approximate surface area is 163 Å². The van der Waals surface area contributed by atoms with Crippen LogP contribution < -0.4 is 5.32 Å². The van der Waals surface area contributed by atoms with Gasteiger partial charge in [-0.2, -0.15) is 0 Å². The number of carbonyl (C=O) groups excluding carboxylic acids is 2. The highest BCUT2D eigenvalue weighted by molar-refractivity contribution is 5.90. The summed E-state index contributed by atoms with van der Waals surface area (Å²) >= 11 is 0. The van der Waals surface area contributed by atoms with Gasteiger partial charge in [0, 0.05) is 24.9 Å². The minimum absolute atomic E-state index is 0.0142. The maximum Gasteiger partial charge on any atom is 0.245 e. The first-order valence-corrected chi connectivity index (χ1v) is 9.66. The minimum atomic E-state index is -0.578. The lowest BCUT2D eigenvalue weighted by atomic mass is 10.0. The molecular weight excluding hydrogens is 354 g/mol. The minimum Gasteiger partial charge on any atom is -0.356 e. The van der Waals surface area contributed by atoms with Crippen molar-refractivity contribution in [2.24, 2.45) is 0 Å². The number of hydrogen-bond donors (Lipinski definition) is 1. The standard InChI is InChI=1S/C22H23N3O3/c26-21(15-18-17-10-4-5-11-20(17)28-24-18)23-19(14-16-8-2-1-3-9-16)22(27)25-12-6-7-13-25/h1-5,8-11,19H,6-7,12-15H2,(H,23,26). The van der Waals surface area contributed by atoms with Crippen molar-refractivity contribution < 1.29 is 14.1 Å². The second-order valence-electron chi connectivity index (χ2n) is 7.14. The van der Waals surface area contributed by atoms with Gasteiger partial charge in [-0.05, 0) is 30.5 Å². The molecule has 6 nitrogen and oxygen atoms in total. The Morgan fingerprint density at radius 3 is 2.54 bits per heavy atom. The topological polar surface area (TPSA) is 75.4 Å². The lowest BCUT2D eigenvalue weighted by Gasteiger charge is -2.24. The Morgan fingerprint density at radius 1 is 1.04 bits per heavy atom. The van der Waals surface area contributed by atoms with Gasteiger partial charge in [-0.1, -0.05) is 47.6 Å². The molecule has 0 bridgehead atoms. The molecular formula is C22H23N3O3. The van der Waals surface area contributed by atoms with Crippen molar-refractivity contribution in [2.45, 2.75) is 31.7 Å². The van der Waals surface area contributed by atoms with Crippen LogP contribution in [0, 0.1) is 0 Å². The predicted octanol–water partition coefficient (Wildman–Crippen LogP) is 2.72. The van der Waals surface area contributed by atoms with Crippen molar-refractivity contribution in [1.29, 1.82) is 0 Å². The van der Waals surface area contributed by atoms with Crippen LogP contribution in [0.15, 0.2) is 59.1 Å². The Kier molecular flexibility index (Phi) is 5.37. The van der Waals surface area contributed by atoms with Crippen LogP contribution in [0.4, 0.5) is 0 Å². The van der Waals surface area contributed by atoms with Crippen molar-refractivity contribution in [3.63, 3.8) is 0 Å². The van der Waals surface area contributed by atoms with E-state index >= 15 is 0 Å². The van der Waals surface area contributed by atoms with Gasteiger partial charge in [-0.25, -0.2) is 0 Å². The number of hydrogen-bond acceptors (Lipinski definition) is 4. The highest BCUT2D eigenvalue weighted by Gasteiger charge is 2.28. The highest BCUT2D eigenvalue weighted by atomic mass is 16.5. The monoisotopic (exact) mass is 377 g/mol. The summed E-state index contributed by atoms with van der Waals surface area (Å²) in [6.45, 7) is 1.52. The molecule has 0 aliphatic carbocycles. The fourth-order valence-electron chi connectivity index (χ4n) is 3.67. The van der Waals surface area contributed by atoms with Crippen molar-refractivity contribution in [2.75, 3.05) is 13.1 Å². The molecule has 6 heteroatoms. The Morgan fingerprint density at radius 2 is 1.75 bits per heavy atom. The molecule has 2 aromatic carbocycles. The van der Waals surface area contributed by atoms with Crippen LogP contribution in [0.1, 0.15) is 24.1 Å². The maximum absolute atomic E-state index is 13.0. The Hall–Kier alpha value is -3.15. The van der Waals surface area contributed by atoms with E-state index in [2.05, 4.69) is 10.5 Å². The van der Waals surface area contributed by atoms with E-state index in [-0.39, 0.29) is 18.2 Å². The number of para-hydroxylation sites is 1. The summed E-state index contributed by atoms with van der Waals surface area (Å²) in [4.78, 5) is 27.5. The van der Waals surface area contributed by atoms with E-state index in [9.17, 15) is 9.59 Å². The Bertz CT molecular complexity index is 961. The van der Waals surface area contributed by atoms with Crippen molar-refractivity contribution in [3.8, 4) is 0 Å². The average Bonchev–Trinajstić information content (AvgIpc) is 3.38. The maximum atomic E-state index is 13.0. The molecule has 3 aromatic rings. The first-order chi connectivity index (χ1) is 13.7. The second-order valence-corrected chi connectivity index (χ2v) is 7.14. The third-order valence-electron chi connectivity index (χ3n) is 5.11. The quantitative estimate of drug-likeness (QED) is 0.717. The summed E-state index contributed by atoms with van der Waals surface area (Å²) in [6.07, 6.45) is 2.59. The largest absolute Gasteiger partial charge is 0.356 e. The van der Waals surface area contributed by atoms with Gasteiger partial charge in [-0.3, -0.25) is 9.59 Å². The molecule has 28 heavy (non-hydrogen) atoms. The van der Waals surface area contributed by atoms with E-state index in [0.29, 0.717) is 17.7 Å². The van der Waals surface area contributed by atoms with Gasteiger partial charge in [0.1, 0.15) is 11.7 Å². The van der Waals surface area contributed by atoms with E-state index in [1.807, 2.05) is 59.5 Å². The zero-order valence-corrected chi connectivity index (χ0v) is 15.6. The van der Waals surface area contributed by atoms with Crippen LogP contribution in [-0.4, -0.2) is 41.0 Å². The van der Waals surface area contributed by atoms with Crippen molar-refractivity contribution in [1.82, 2.24) is 15.4 Å². The number of likely N-dealkylation sites (tertiary alicyclic amines) is 1. The summed E-state index contributed by atoms with van der Waals surface area (Å²) < 4.78 is 5.27. The van der Waals surface area contributed by atoms with Crippen molar-refractivity contribution in [3.05, 3.63) is 65.9 Å². The van der Waals surface area contributed by atoms with Gasteiger partial charge in [0.15, 0.2) is 5.58 Å². The van der Waals surface area contributed by atoms with E-state index in [1.165, 1.54) is 0 Å². The molecule has 1 aliphatic heterocycles. The molecule has 1 aromatic heterocycles. The molecule has 0 spiro atoms. The van der Waals surface area contributed by atoms with Crippen LogP contribution in [0.2, 0.25) is 0 Å². The number of rotatable bonds is 6. The normalized spacial score (nSPS) is 14.9. The second kappa shape index (κ2) is 8.25. The summed E-state index contributed by atoms with van der Waals surface area (Å²) in [5.41, 5.74) is 2.26. The molecule has 1 N–H and O–H groups in total. The highest BCUT2D eigenvalue weighted by Crippen LogP contribution is 2.18. The van der Waals surface area contributed by atoms with E-state index < -0.39 is 6.04 Å². The average molecular weight is 377 g/mol.